The lowest BCUT2D eigenvalue weighted by Crippen LogP contribution is -2.39. The van der Waals surface area contributed by atoms with Gasteiger partial charge in [0, 0.05) is 29.5 Å². The molecule has 1 unspecified atom stereocenters. The van der Waals surface area contributed by atoms with Crippen molar-refractivity contribution in [2.75, 3.05) is 13.1 Å². The second-order valence-electron chi connectivity index (χ2n) is 10.8. The van der Waals surface area contributed by atoms with Crippen molar-refractivity contribution in [1.82, 2.24) is 9.47 Å². The van der Waals surface area contributed by atoms with Gasteiger partial charge in [0.05, 0.1) is 5.60 Å². The molecular formula is C25H38N2O4S. The fourth-order valence-corrected chi connectivity index (χ4v) is 5.33. The van der Waals surface area contributed by atoms with Crippen LogP contribution in [-0.2, 0) is 9.47 Å². The molecule has 0 saturated heterocycles. The van der Waals surface area contributed by atoms with Gasteiger partial charge in [0.1, 0.15) is 10.4 Å². The fourth-order valence-electron chi connectivity index (χ4n) is 3.94. The molecule has 1 amide bonds. The first kappa shape index (κ1) is 24.8. The van der Waals surface area contributed by atoms with Crippen LogP contribution in [0.1, 0.15) is 90.1 Å². The molecule has 0 aromatic carbocycles. The monoisotopic (exact) mass is 462 g/mol. The maximum Gasteiger partial charge on any atom is 0.410 e. The molecule has 3 heterocycles. The third kappa shape index (κ3) is 5.38. The first-order valence-electron chi connectivity index (χ1n) is 11.3. The molecule has 1 aliphatic heterocycles. The van der Waals surface area contributed by atoms with Gasteiger partial charge in [0.25, 0.3) is 0 Å². The largest absolute Gasteiger partial charge is 0.444 e. The molecule has 2 aromatic rings. The van der Waals surface area contributed by atoms with E-state index < -0.39 is 17.6 Å². The van der Waals surface area contributed by atoms with E-state index >= 15 is 0 Å². The number of aliphatic hydroxyl groups is 1. The predicted molar refractivity (Wildman–Crippen MR) is 131 cm³/mol. The van der Waals surface area contributed by atoms with Crippen LogP contribution in [0.15, 0.2) is 12.3 Å². The van der Waals surface area contributed by atoms with Crippen molar-refractivity contribution in [3.63, 3.8) is 0 Å². The number of amides is 1. The summed E-state index contributed by atoms with van der Waals surface area (Å²) in [6, 6.07) is 0. The topological polar surface area (TPSA) is 63.9 Å². The highest BCUT2D eigenvalue weighted by molar-refractivity contribution is 7.20. The summed E-state index contributed by atoms with van der Waals surface area (Å²) < 4.78 is 13.2. The van der Waals surface area contributed by atoms with Gasteiger partial charge in [0.2, 0.25) is 6.41 Å². The molecule has 178 valence electrons. The third-order valence-corrected chi connectivity index (χ3v) is 6.78. The predicted octanol–water partition coefficient (Wildman–Crippen LogP) is 6.42. The Morgan fingerprint density at radius 2 is 1.81 bits per heavy atom. The molecule has 0 radical (unpaired) electrons. The Morgan fingerprint density at radius 3 is 2.31 bits per heavy atom. The zero-order chi connectivity index (χ0) is 24.0. The maximum atomic E-state index is 12.4. The summed E-state index contributed by atoms with van der Waals surface area (Å²) >= 11 is 1.69. The average Bonchev–Trinajstić information content (AvgIpc) is 3.17. The van der Waals surface area contributed by atoms with Crippen molar-refractivity contribution in [3.05, 3.63) is 28.3 Å². The molecule has 6 nitrogen and oxygen atoms in total. The van der Waals surface area contributed by atoms with Gasteiger partial charge >= 0.3 is 6.09 Å². The van der Waals surface area contributed by atoms with Gasteiger partial charge in [-0.2, -0.15) is 0 Å². The molecule has 0 bridgehead atoms. The number of carbonyl (C=O) groups is 1. The summed E-state index contributed by atoms with van der Waals surface area (Å²) in [7, 11) is 0. The van der Waals surface area contributed by atoms with Crippen LogP contribution >= 0.6 is 11.3 Å². The second kappa shape index (κ2) is 8.84. The number of aliphatic hydroxyl groups excluding tert-OH is 1. The van der Waals surface area contributed by atoms with Crippen molar-refractivity contribution in [1.29, 1.82) is 0 Å². The number of aromatic nitrogens is 1. The molecule has 1 N–H and O–H groups in total. The summed E-state index contributed by atoms with van der Waals surface area (Å²) in [4.78, 5) is 16.4. The van der Waals surface area contributed by atoms with E-state index in [1.165, 1.54) is 27.0 Å². The van der Waals surface area contributed by atoms with E-state index in [-0.39, 0.29) is 6.09 Å². The zero-order valence-corrected chi connectivity index (χ0v) is 21.7. The van der Waals surface area contributed by atoms with E-state index in [1.807, 2.05) is 52.3 Å². The Balaban J connectivity index is 1.94. The number of hydrogen-bond donors (Lipinski definition) is 1. The van der Waals surface area contributed by atoms with Crippen LogP contribution in [0.4, 0.5) is 4.79 Å². The molecule has 0 aliphatic carbocycles. The Morgan fingerprint density at radius 1 is 1.16 bits per heavy atom. The molecule has 1 atom stereocenters. The molecule has 3 rings (SSSR count). The van der Waals surface area contributed by atoms with Crippen LogP contribution in [-0.4, -0.2) is 45.0 Å². The molecule has 1 aliphatic rings. The summed E-state index contributed by atoms with van der Waals surface area (Å²) in [6.07, 6.45) is 3.63. The summed E-state index contributed by atoms with van der Waals surface area (Å²) in [5.41, 5.74) is 2.73. The number of rotatable bonds is 4. The average molecular weight is 463 g/mol. The van der Waals surface area contributed by atoms with E-state index in [0.29, 0.717) is 19.0 Å². The minimum Gasteiger partial charge on any atom is -0.444 e. The number of nitrogens with zero attached hydrogens (tertiary/aromatic N) is 2. The van der Waals surface area contributed by atoms with Crippen molar-refractivity contribution in [2.45, 2.75) is 92.3 Å². The Kier molecular flexibility index (Phi) is 6.85. The quantitative estimate of drug-likeness (QED) is 0.532. The fraction of sp³-hybridized carbons (Fsp3) is 0.640. The zero-order valence-electron chi connectivity index (χ0n) is 20.9. The highest BCUT2D eigenvalue weighted by atomic mass is 32.1. The maximum absolute atomic E-state index is 12.4. The standard InChI is InChI=1S/C25H38N2O4S/c1-15(2)18-14-27(23(29)31-25(7,8)9)21-19(18)16(3)20(32-21)17-10-12-26(13-11-17)22(28)30-24(4,5)6/h10,14-15,23,29H,11-13H2,1-9H3. The smallest absolute Gasteiger partial charge is 0.410 e. The van der Waals surface area contributed by atoms with Crippen molar-refractivity contribution in [3.8, 4) is 0 Å². The van der Waals surface area contributed by atoms with Crippen molar-refractivity contribution in [2.24, 2.45) is 0 Å². The van der Waals surface area contributed by atoms with Crippen molar-refractivity contribution >= 4 is 33.2 Å². The van der Waals surface area contributed by atoms with Crippen molar-refractivity contribution < 1.29 is 19.4 Å². The van der Waals surface area contributed by atoms with Crippen LogP contribution in [0.5, 0.6) is 0 Å². The summed E-state index contributed by atoms with van der Waals surface area (Å²) in [6.45, 7) is 19.1. The van der Waals surface area contributed by atoms with E-state index in [0.717, 1.165) is 11.3 Å². The molecule has 0 fully saturated rings. The molecule has 0 saturated carbocycles. The van der Waals surface area contributed by atoms with Gasteiger partial charge in [-0.15, -0.1) is 11.3 Å². The Bertz CT molecular complexity index is 1020. The Labute approximate surface area is 195 Å². The highest BCUT2D eigenvalue weighted by Gasteiger charge is 2.28. The molecule has 32 heavy (non-hydrogen) atoms. The van der Waals surface area contributed by atoms with Gasteiger partial charge in [-0.25, -0.2) is 4.79 Å². The lowest BCUT2D eigenvalue weighted by Gasteiger charge is -2.29. The number of fused-ring (bicyclic) bond motifs is 1. The number of aryl methyl sites for hydroxylation is 1. The van der Waals surface area contributed by atoms with Crippen LogP contribution in [0.25, 0.3) is 15.8 Å². The van der Waals surface area contributed by atoms with Gasteiger partial charge in [-0.05, 0) is 77.5 Å². The molecule has 2 aromatic heterocycles. The lowest BCUT2D eigenvalue weighted by atomic mass is 9.98. The van der Waals surface area contributed by atoms with Crippen LogP contribution in [0.2, 0.25) is 0 Å². The first-order chi connectivity index (χ1) is 14.7. The van der Waals surface area contributed by atoms with Crippen LogP contribution < -0.4 is 0 Å². The number of ether oxygens (including phenoxy) is 2. The van der Waals surface area contributed by atoms with Crippen LogP contribution in [0, 0.1) is 6.92 Å². The summed E-state index contributed by atoms with van der Waals surface area (Å²) in [5, 5.41) is 12.0. The summed E-state index contributed by atoms with van der Waals surface area (Å²) in [5.74, 6) is 0.324. The van der Waals surface area contributed by atoms with E-state index in [2.05, 4.69) is 26.8 Å². The Hall–Kier alpha value is -1.83. The van der Waals surface area contributed by atoms with E-state index in [9.17, 15) is 9.90 Å². The van der Waals surface area contributed by atoms with Gasteiger partial charge in [0.15, 0.2) is 0 Å². The van der Waals surface area contributed by atoms with Gasteiger partial charge in [-0.1, -0.05) is 19.9 Å². The van der Waals surface area contributed by atoms with Gasteiger partial charge < -0.3 is 19.5 Å². The second-order valence-corrected chi connectivity index (χ2v) is 11.8. The van der Waals surface area contributed by atoms with E-state index in [1.54, 1.807) is 16.2 Å². The minimum absolute atomic E-state index is 0.267. The number of thiophene rings is 1. The molecule has 0 spiro atoms. The van der Waals surface area contributed by atoms with Crippen LogP contribution in [0.3, 0.4) is 0 Å². The lowest BCUT2D eigenvalue weighted by molar-refractivity contribution is -0.207. The third-order valence-electron chi connectivity index (χ3n) is 5.40. The first-order valence-corrected chi connectivity index (χ1v) is 12.2. The highest BCUT2D eigenvalue weighted by Crippen LogP contribution is 2.43. The SMILES string of the molecule is Cc1c(C2=CCN(C(=O)OC(C)(C)C)CC2)sc2c1c(C(C)C)cn2C(O)OC(C)(C)C. The van der Waals surface area contributed by atoms with E-state index in [4.69, 9.17) is 9.47 Å². The number of carbonyl (C=O) groups excluding carboxylic acids is 1. The molecule has 7 heteroatoms. The molecular weight excluding hydrogens is 424 g/mol. The number of hydrogen-bond acceptors (Lipinski definition) is 5. The minimum atomic E-state index is -1.04. The normalized spacial score (nSPS) is 16.6. The van der Waals surface area contributed by atoms with Gasteiger partial charge in [-0.3, -0.25) is 4.57 Å².